The Hall–Kier alpha value is -2.77. The summed E-state index contributed by atoms with van der Waals surface area (Å²) in [6.07, 6.45) is -2.69. The van der Waals surface area contributed by atoms with Crippen LogP contribution >= 0.6 is 0 Å². The lowest BCUT2D eigenvalue weighted by Crippen LogP contribution is -2.34. The van der Waals surface area contributed by atoms with Crippen LogP contribution in [0.25, 0.3) is 0 Å². The van der Waals surface area contributed by atoms with Crippen molar-refractivity contribution in [3.8, 4) is 5.75 Å². The lowest BCUT2D eigenvalue weighted by molar-refractivity contribution is -0.137. The molecule has 2 aromatic carbocycles. The van der Waals surface area contributed by atoms with Gasteiger partial charge >= 0.3 is 6.18 Å². The third-order valence-electron chi connectivity index (χ3n) is 5.32. The summed E-state index contributed by atoms with van der Waals surface area (Å²) in [5, 5.41) is 0. The van der Waals surface area contributed by atoms with Crippen molar-refractivity contribution in [3.05, 3.63) is 58.9 Å². The van der Waals surface area contributed by atoms with Gasteiger partial charge in [-0.2, -0.15) is 13.2 Å². The number of rotatable bonds is 6. The molecular weight excluding hydrogens is 400 g/mol. The number of alkyl halides is 3. The Morgan fingerprint density at radius 3 is 2.47 bits per heavy atom. The molecule has 1 heterocycles. The molecule has 2 N–H and O–H groups in total. The van der Waals surface area contributed by atoms with Gasteiger partial charge in [0, 0.05) is 18.3 Å². The summed E-state index contributed by atoms with van der Waals surface area (Å²) in [6.45, 7) is 4.74. The number of ether oxygens (including phenoxy) is 1. The van der Waals surface area contributed by atoms with Gasteiger partial charge in [0.1, 0.15) is 18.2 Å². The largest absolute Gasteiger partial charge is 0.491 e. The average molecular weight is 424 g/mol. The van der Waals surface area contributed by atoms with Gasteiger partial charge in [0.15, 0.2) is 0 Å². The fourth-order valence-electron chi connectivity index (χ4n) is 3.71. The second-order valence-electron chi connectivity index (χ2n) is 7.73. The predicted molar refractivity (Wildman–Crippen MR) is 106 cm³/mol. The number of benzene rings is 2. The second-order valence-corrected chi connectivity index (χ2v) is 7.73. The highest BCUT2D eigenvalue weighted by molar-refractivity contribution is 5.93. The first-order valence-electron chi connectivity index (χ1n) is 9.78. The maximum absolute atomic E-state index is 14.2. The van der Waals surface area contributed by atoms with E-state index in [1.165, 1.54) is 24.3 Å². The number of amides is 1. The van der Waals surface area contributed by atoms with Gasteiger partial charge in [-0.25, -0.2) is 4.39 Å². The summed E-state index contributed by atoms with van der Waals surface area (Å²) < 4.78 is 58.6. The van der Waals surface area contributed by atoms with Crippen molar-refractivity contribution >= 4 is 11.6 Å². The van der Waals surface area contributed by atoms with Crippen LogP contribution < -0.4 is 15.4 Å². The Kier molecular flexibility index (Phi) is 6.24. The van der Waals surface area contributed by atoms with Crippen molar-refractivity contribution in [1.82, 2.24) is 0 Å². The first kappa shape index (κ1) is 21.9. The number of carbonyl (C=O) groups excluding carboxylic acids is 1. The quantitative estimate of drug-likeness (QED) is 0.656. The van der Waals surface area contributed by atoms with Gasteiger partial charge in [0.05, 0.1) is 17.2 Å². The number of anilines is 1. The molecule has 1 saturated heterocycles. The van der Waals surface area contributed by atoms with Crippen LogP contribution in [0.1, 0.15) is 54.1 Å². The minimum atomic E-state index is -4.37. The number of hydrogen-bond acceptors (Lipinski definition) is 3. The zero-order valence-corrected chi connectivity index (χ0v) is 16.8. The van der Waals surface area contributed by atoms with E-state index in [2.05, 4.69) is 0 Å². The Balaban J connectivity index is 1.77. The molecule has 30 heavy (non-hydrogen) atoms. The maximum atomic E-state index is 14.2. The summed E-state index contributed by atoms with van der Waals surface area (Å²) in [7, 11) is 0. The molecule has 0 saturated carbocycles. The van der Waals surface area contributed by atoms with E-state index in [0.29, 0.717) is 23.5 Å². The Morgan fingerprint density at radius 2 is 1.90 bits per heavy atom. The first-order valence-corrected chi connectivity index (χ1v) is 9.78. The summed E-state index contributed by atoms with van der Waals surface area (Å²) in [5.41, 5.74) is 5.72. The van der Waals surface area contributed by atoms with Crippen molar-refractivity contribution in [2.45, 2.75) is 44.8 Å². The van der Waals surface area contributed by atoms with Gasteiger partial charge in [0.2, 0.25) is 0 Å². The predicted octanol–water partition coefficient (Wildman–Crippen LogP) is 5.11. The molecule has 2 aromatic rings. The molecule has 0 spiro atoms. The van der Waals surface area contributed by atoms with Crippen molar-refractivity contribution < 1.29 is 27.1 Å². The molecule has 0 radical (unpaired) electrons. The van der Waals surface area contributed by atoms with E-state index in [0.717, 1.165) is 25.0 Å². The number of hydrogen-bond donors (Lipinski definition) is 1. The van der Waals surface area contributed by atoms with E-state index in [1.54, 1.807) is 0 Å². The summed E-state index contributed by atoms with van der Waals surface area (Å²) in [6, 6.07) is 7.60. The van der Waals surface area contributed by atoms with E-state index in [1.807, 2.05) is 18.7 Å². The molecule has 8 heteroatoms. The molecule has 1 aliphatic rings. The molecule has 0 aliphatic carbocycles. The van der Waals surface area contributed by atoms with E-state index in [-0.39, 0.29) is 24.1 Å². The van der Waals surface area contributed by atoms with Crippen LogP contribution in [-0.2, 0) is 6.18 Å². The van der Waals surface area contributed by atoms with E-state index in [9.17, 15) is 22.4 Å². The Labute approximate surface area is 172 Å². The average Bonchev–Trinajstić information content (AvgIpc) is 3.13. The number of primary amides is 1. The molecule has 0 bridgehead atoms. The highest BCUT2D eigenvalue weighted by Gasteiger charge is 2.31. The van der Waals surface area contributed by atoms with E-state index < -0.39 is 23.5 Å². The zero-order valence-electron chi connectivity index (χ0n) is 16.8. The first-order chi connectivity index (χ1) is 14.1. The Morgan fingerprint density at radius 1 is 1.23 bits per heavy atom. The van der Waals surface area contributed by atoms with Crippen LogP contribution in [0.5, 0.6) is 5.75 Å². The highest BCUT2D eigenvalue weighted by Crippen LogP contribution is 2.34. The third-order valence-corrected chi connectivity index (χ3v) is 5.32. The summed E-state index contributed by atoms with van der Waals surface area (Å²) >= 11 is 0. The van der Waals surface area contributed by atoms with Gasteiger partial charge in [-0.3, -0.25) is 4.79 Å². The molecule has 1 atom stereocenters. The van der Waals surface area contributed by atoms with Crippen LogP contribution in [0.3, 0.4) is 0 Å². The van der Waals surface area contributed by atoms with Crippen LogP contribution in [0, 0.1) is 5.82 Å². The highest BCUT2D eigenvalue weighted by atomic mass is 19.4. The molecule has 162 valence electrons. The van der Waals surface area contributed by atoms with Crippen molar-refractivity contribution in [2.24, 2.45) is 5.73 Å². The molecule has 0 unspecified atom stereocenters. The van der Waals surface area contributed by atoms with Crippen LogP contribution in [0.4, 0.5) is 23.2 Å². The fourth-order valence-corrected chi connectivity index (χ4v) is 3.71. The molecule has 0 aromatic heterocycles. The molecule has 4 nitrogen and oxygen atoms in total. The van der Waals surface area contributed by atoms with Gasteiger partial charge in [-0.1, -0.05) is 13.8 Å². The van der Waals surface area contributed by atoms with Crippen LogP contribution in [0.2, 0.25) is 0 Å². The smallest absolute Gasteiger partial charge is 0.416 e. The maximum Gasteiger partial charge on any atom is 0.416 e. The number of nitrogens with two attached hydrogens (primary N) is 1. The van der Waals surface area contributed by atoms with Gasteiger partial charge < -0.3 is 15.4 Å². The number of nitrogens with zero attached hydrogens (tertiary/aromatic N) is 1. The topological polar surface area (TPSA) is 55.6 Å². The van der Waals surface area contributed by atoms with E-state index >= 15 is 0 Å². The van der Waals surface area contributed by atoms with Crippen molar-refractivity contribution in [3.63, 3.8) is 0 Å². The molecular formula is C22H24F4N2O2. The lowest BCUT2D eigenvalue weighted by atomic mass is 9.99. The SMILES string of the molecule is CC(C)c1cc(C(N)=O)c(F)cc1OC[C@H]1CCCN1c1ccc(C(F)(F)F)cc1. The number of carbonyl (C=O) groups is 1. The van der Waals surface area contributed by atoms with Crippen molar-refractivity contribution in [2.75, 3.05) is 18.1 Å². The fraction of sp³-hybridized carbons (Fsp3) is 0.409. The molecule has 1 aliphatic heterocycles. The zero-order chi connectivity index (χ0) is 22.1. The Bertz CT molecular complexity index is 911. The van der Waals surface area contributed by atoms with Crippen LogP contribution in [-0.4, -0.2) is 25.1 Å². The lowest BCUT2D eigenvalue weighted by Gasteiger charge is -2.28. The molecule has 3 rings (SSSR count). The minimum absolute atomic E-state index is 0.0201. The molecule has 1 fully saturated rings. The summed E-state index contributed by atoms with van der Waals surface area (Å²) in [5.74, 6) is -1.27. The van der Waals surface area contributed by atoms with Crippen molar-refractivity contribution in [1.29, 1.82) is 0 Å². The van der Waals surface area contributed by atoms with Crippen LogP contribution in [0.15, 0.2) is 36.4 Å². The number of halogens is 4. The van der Waals surface area contributed by atoms with Gasteiger partial charge in [-0.15, -0.1) is 0 Å². The third kappa shape index (κ3) is 4.68. The normalized spacial score (nSPS) is 16.9. The monoisotopic (exact) mass is 424 g/mol. The standard InChI is InChI=1S/C22H24F4N2O2/c1-13(2)17-10-18(21(27)29)19(23)11-20(17)30-12-16-4-3-9-28(16)15-7-5-14(6-8-15)22(24,25)26/h5-8,10-11,13,16H,3-4,9,12H2,1-2H3,(H2,27,29)/t16-/m1/s1. The molecule has 1 amide bonds. The second kappa shape index (κ2) is 8.53. The van der Waals surface area contributed by atoms with Gasteiger partial charge in [-0.05, 0) is 54.7 Å². The van der Waals surface area contributed by atoms with Gasteiger partial charge in [0.25, 0.3) is 5.91 Å². The summed E-state index contributed by atoms with van der Waals surface area (Å²) in [4.78, 5) is 13.4. The minimum Gasteiger partial charge on any atom is -0.491 e. The van der Waals surface area contributed by atoms with E-state index in [4.69, 9.17) is 10.5 Å².